The summed E-state index contributed by atoms with van der Waals surface area (Å²) >= 11 is 0. The van der Waals surface area contributed by atoms with Crippen LogP contribution in [-0.2, 0) is 23.6 Å². The molecule has 0 radical (unpaired) electrons. The minimum Gasteiger partial charge on any atom is -0.360 e. The monoisotopic (exact) mass is 270 g/mol. The number of aryl methyl sites for hydroxylation is 3. The van der Waals surface area contributed by atoms with Crippen molar-refractivity contribution in [3.63, 3.8) is 0 Å². The van der Waals surface area contributed by atoms with Gasteiger partial charge in [-0.05, 0) is 19.9 Å². The molecular formula is C10H14N4O3S. The molecule has 2 heterocycles. The minimum absolute atomic E-state index is 0.102. The summed E-state index contributed by atoms with van der Waals surface area (Å²) in [6.45, 7) is 3.33. The maximum absolute atomic E-state index is 12.1. The molecule has 98 valence electrons. The van der Waals surface area contributed by atoms with Crippen LogP contribution in [-0.4, -0.2) is 23.4 Å². The molecule has 0 atom stereocenters. The van der Waals surface area contributed by atoms with Gasteiger partial charge < -0.3 is 4.52 Å². The molecule has 0 spiro atoms. The average molecular weight is 270 g/mol. The normalized spacial score (nSPS) is 11.9. The molecule has 0 unspecified atom stereocenters. The predicted octanol–water partition coefficient (Wildman–Crippen LogP) is 0.503. The Hall–Kier alpha value is -1.67. The van der Waals surface area contributed by atoms with Crippen molar-refractivity contribution in [2.45, 2.75) is 25.3 Å². The second kappa shape index (κ2) is 4.54. The fraction of sp³-hybridized carbons (Fsp3) is 0.400. The summed E-state index contributed by atoms with van der Waals surface area (Å²) in [4.78, 5) is 0.102. The molecule has 8 heteroatoms. The van der Waals surface area contributed by atoms with E-state index in [2.05, 4.69) is 15.0 Å². The van der Waals surface area contributed by atoms with Crippen molar-refractivity contribution >= 4 is 10.0 Å². The van der Waals surface area contributed by atoms with E-state index in [0.29, 0.717) is 5.69 Å². The molecule has 0 fully saturated rings. The van der Waals surface area contributed by atoms with Crippen molar-refractivity contribution in [2.75, 3.05) is 0 Å². The Bertz CT molecular complexity index is 637. The third-order valence-electron chi connectivity index (χ3n) is 2.60. The fourth-order valence-electron chi connectivity index (χ4n) is 1.67. The second-order valence-electron chi connectivity index (χ2n) is 3.92. The first-order chi connectivity index (χ1) is 8.42. The van der Waals surface area contributed by atoms with E-state index in [1.54, 1.807) is 37.8 Å². The summed E-state index contributed by atoms with van der Waals surface area (Å²) in [5.74, 6) is 0.282. The van der Waals surface area contributed by atoms with Crippen molar-refractivity contribution < 1.29 is 12.9 Å². The molecule has 2 aromatic rings. The van der Waals surface area contributed by atoms with Crippen molar-refractivity contribution in [3.05, 3.63) is 29.4 Å². The second-order valence-corrected chi connectivity index (χ2v) is 5.63. The molecule has 18 heavy (non-hydrogen) atoms. The van der Waals surface area contributed by atoms with Gasteiger partial charge in [-0.3, -0.25) is 4.68 Å². The summed E-state index contributed by atoms with van der Waals surface area (Å²) in [7, 11) is -1.87. The highest BCUT2D eigenvalue weighted by molar-refractivity contribution is 7.89. The van der Waals surface area contributed by atoms with Gasteiger partial charge >= 0.3 is 0 Å². The number of nitrogens with zero attached hydrogens (tertiary/aromatic N) is 3. The summed E-state index contributed by atoms with van der Waals surface area (Å²) in [5, 5.41) is 7.60. The standard InChI is InChI=1S/C10H14N4O3S/c1-7-10(8(2)17-13-7)18(15,16)12-6-9-4-5-11-14(9)3/h4-5,12H,6H2,1-3H3. The van der Waals surface area contributed by atoms with Gasteiger partial charge in [0.1, 0.15) is 10.6 Å². The van der Waals surface area contributed by atoms with E-state index >= 15 is 0 Å². The highest BCUT2D eigenvalue weighted by Gasteiger charge is 2.23. The number of hydrogen-bond donors (Lipinski definition) is 1. The molecule has 0 saturated heterocycles. The van der Waals surface area contributed by atoms with Crippen LogP contribution in [0.15, 0.2) is 21.7 Å². The van der Waals surface area contributed by atoms with Gasteiger partial charge in [0, 0.05) is 13.2 Å². The molecule has 0 bridgehead atoms. The van der Waals surface area contributed by atoms with E-state index < -0.39 is 10.0 Å². The maximum atomic E-state index is 12.1. The zero-order valence-electron chi connectivity index (χ0n) is 10.3. The lowest BCUT2D eigenvalue weighted by Crippen LogP contribution is -2.25. The van der Waals surface area contributed by atoms with Gasteiger partial charge in [-0.1, -0.05) is 5.16 Å². The Balaban J connectivity index is 2.21. The Morgan fingerprint density at radius 1 is 1.44 bits per heavy atom. The zero-order valence-corrected chi connectivity index (χ0v) is 11.2. The van der Waals surface area contributed by atoms with Crippen LogP contribution in [0.1, 0.15) is 17.1 Å². The first-order valence-corrected chi connectivity index (χ1v) is 6.79. The van der Waals surface area contributed by atoms with Gasteiger partial charge in [-0.15, -0.1) is 0 Å². The lowest BCUT2D eigenvalue weighted by atomic mass is 10.4. The number of rotatable bonds is 4. The molecule has 2 rings (SSSR count). The molecule has 0 saturated carbocycles. The summed E-state index contributed by atoms with van der Waals surface area (Å²) in [6, 6.07) is 1.75. The summed E-state index contributed by atoms with van der Waals surface area (Å²) < 4.78 is 33.2. The first-order valence-electron chi connectivity index (χ1n) is 5.31. The highest BCUT2D eigenvalue weighted by atomic mass is 32.2. The fourth-order valence-corrected chi connectivity index (χ4v) is 3.00. The van der Waals surface area contributed by atoms with Crippen LogP contribution in [0.3, 0.4) is 0 Å². The van der Waals surface area contributed by atoms with Crippen LogP contribution < -0.4 is 4.72 Å². The molecular weight excluding hydrogens is 256 g/mol. The maximum Gasteiger partial charge on any atom is 0.246 e. The molecule has 0 aliphatic rings. The first kappa shape index (κ1) is 12.8. The third kappa shape index (κ3) is 2.29. The third-order valence-corrected chi connectivity index (χ3v) is 4.25. The molecule has 7 nitrogen and oxygen atoms in total. The van der Waals surface area contributed by atoms with E-state index in [0.717, 1.165) is 5.69 Å². The van der Waals surface area contributed by atoms with Crippen LogP contribution >= 0.6 is 0 Å². The topological polar surface area (TPSA) is 90.0 Å². The van der Waals surface area contributed by atoms with Crippen LogP contribution in [0.4, 0.5) is 0 Å². The van der Waals surface area contributed by atoms with E-state index in [-0.39, 0.29) is 17.2 Å². The van der Waals surface area contributed by atoms with Crippen LogP contribution in [0, 0.1) is 13.8 Å². The molecule has 2 aromatic heterocycles. The average Bonchev–Trinajstić information content (AvgIpc) is 2.83. The van der Waals surface area contributed by atoms with Crippen molar-refractivity contribution in [1.82, 2.24) is 19.7 Å². The zero-order chi connectivity index (χ0) is 13.3. The number of nitrogens with one attached hydrogen (secondary N) is 1. The van der Waals surface area contributed by atoms with Crippen molar-refractivity contribution in [2.24, 2.45) is 7.05 Å². The van der Waals surface area contributed by atoms with Crippen molar-refractivity contribution in [1.29, 1.82) is 0 Å². The Morgan fingerprint density at radius 2 is 2.17 bits per heavy atom. The molecule has 1 N–H and O–H groups in total. The molecule has 0 aromatic carbocycles. The molecule has 0 amide bonds. The number of hydrogen-bond acceptors (Lipinski definition) is 5. The quantitative estimate of drug-likeness (QED) is 0.874. The Labute approximate surface area is 105 Å². The summed E-state index contributed by atoms with van der Waals surface area (Å²) in [6.07, 6.45) is 1.61. The van der Waals surface area contributed by atoms with Gasteiger partial charge in [-0.2, -0.15) is 5.10 Å². The van der Waals surface area contributed by atoms with Gasteiger partial charge in [0.15, 0.2) is 5.76 Å². The van der Waals surface area contributed by atoms with Gasteiger partial charge in [-0.25, -0.2) is 13.1 Å². The van der Waals surface area contributed by atoms with E-state index in [1.807, 2.05) is 0 Å². The van der Waals surface area contributed by atoms with Gasteiger partial charge in [0.2, 0.25) is 10.0 Å². The predicted molar refractivity (Wildman–Crippen MR) is 63.2 cm³/mol. The minimum atomic E-state index is -3.62. The lowest BCUT2D eigenvalue weighted by Gasteiger charge is -2.06. The van der Waals surface area contributed by atoms with E-state index in [4.69, 9.17) is 4.52 Å². The van der Waals surface area contributed by atoms with Crippen LogP contribution in [0.2, 0.25) is 0 Å². The van der Waals surface area contributed by atoms with Gasteiger partial charge in [0.05, 0.1) is 12.2 Å². The van der Waals surface area contributed by atoms with Crippen LogP contribution in [0.5, 0.6) is 0 Å². The van der Waals surface area contributed by atoms with Crippen molar-refractivity contribution in [3.8, 4) is 0 Å². The summed E-state index contributed by atoms with van der Waals surface area (Å²) in [5.41, 5.74) is 1.12. The number of sulfonamides is 1. The molecule has 0 aliphatic carbocycles. The molecule has 0 aliphatic heterocycles. The lowest BCUT2D eigenvalue weighted by molar-refractivity contribution is 0.390. The Kier molecular flexibility index (Phi) is 3.22. The van der Waals surface area contributed by atoms with E-state index in [1.165, 1.54) is 0 Å². The largest absolute Gasteiger partial charge is 0.360 e. The van der Waals surface area contributed by atoms with E-state index in [9.17, 15) is 8.42 Å². The van der Waals surface area contributed by atoms with Crippen LogP contribution in [0.25, 0.3) is 0 Å². The van der Waals surface area contributed by atoms with Gasteiger partial charge in [0.25, 0.3) is 0 Å². The highest BCUT2D eigenvalue weighted by Crippen LogP contribution is 2.18. The Morgan fingerprint density at radius 3 is 2.67 bits per heavy atom. The SMILES string of the molecule is Cc1noc(C)c1S(=O)(=O)NCc1ccnn1C. The smallest absolute Gasteiger partial charge is 0.246 e. The number of aromatic nitrogens is 3.